The van der Waals surface area contributed by atoms with Gasteiger partial charge in [0.1, 0.15) is 18.0 Å². The molecule has 44 heavy (non-hydrogen) atoms. The van der Waals surface area contributed by atoms with Gasteiger partial charge in [0.2, 0.25) is 0 Å². The van der Waals surface area contributed by atoms with E-state index in [1.165, 1.54) is 66.7 Å². The van der Waals surface area contributed by atoms with Crippen molar-refractivity contribution in [2.24, 2.45) is 35.5 Å². The Labute approximate surface area is 260 Å². The zero-order chi connectivity index (χ0) is 30.9. The average molecular weight is 632 g/mol. The molecule has 1 saturated heterocycles. The van der Waals surface area contributed by atoms with Crippen molar-refractivity contribution < 1.29 is 28.8 Å². The molecule has 2 saturated carbocycles. The molecule has 2 bridgehead atoms. The number of non-ortho nitro benzene ring substituents is 1. The lowest BCUT2D eigenvalue weighted by Crippen LogP contribution is -2.52. The Morgan fingerprint density at radius 1 is 0.841 bits per heavy atom. The zero-order valence-electron chi connectivity index (χ0n) is 22.8. The van der Waals surface area contributed by atoms with Crippen LogP contribution in [0.15, 0.2) is 78.9 Å². The minimum absolute atomic E-state index is 0.0580. The summed E-state index contributed by atoms with van der Waals surface area (Å²) < 4.78 is 5.72. The molecule has 4 aliphatic carbocycles. The summed E-state index contributed by atoms with van der Waals surface area (Å²) in [6, 6.07) is 15.8. The molecule has 3 amide bonds. The molecule has 5 aliphatic rings. The topological polar surface area (TPSA) is 127 Å². The number of ketones is 1. The van der Waals surface area contributed by atoms with Gasteiger partial charge in [-0.15, -0.1) is 0 Å². The van der Waals surface area contributed by atoms with E-state index in [1.54, 1.807) is 0 Å². The lowest BCUT2D eigenvalue weighted by molar-refractivity contribution is -0.384. The molecule has 0 radical (unpaired) electrons. The number of carbonyl (C=O) groups is 4. The van der Waals surface area contributed by atoms with Crippen molar-refractivity contribution in [3.05, 3.63) is 110 Å². The molecule has 10 nitrogen and oxygen atoms in total. The third kappa shape index (κ3) is 4.65. The second-order valence-corrected chi connectivity index (χ2v) is 12.2. The number of ether oxygens (including phenoxy) is 1. The van der Waals surface area contributed by atoms with Gasteiger partial charge in [0.05, 0.1) is 26.8 Å². The van der Waals surface area contributed by atoms with Crippen LogP contribution in [0.1, 0.15) is 27.1 Å². The van der Waals surface area contributed by atoms with Crippen LogP contribution >= 0.6 is 23.2 Å². The Morgan fingerprint density at radius 2 is 1.39 bits per heavy atom. The lowest BCUT2D eigenvalue weighted by Gasteiger charge is -2.37. The van der Waals surface area contributed by atoms with Crippen LogP contribution in [-0.2, 0) is 9.59 Å². The highest BCUT2D eigenvalue weighted by Crippen LogP contribution is 2.65. The van der Waals surface area contributed by atoms with Gasteiger partial charge in [0, 0.05) is 23.3 Å². The van der Waals surface area contributed by atoms with E-state index in [9.17, 15) is 29.3 Å². The molecule has 0 spiro atoms. The molecular formula is C32H23Cl2N3O7. The van der Waals surface area contributed by atoms with Gasteiger partial charge in [0.15, 0.2) is 5.78 Å². The Balaban J connectivity index is 1.15. The maximum Gasteiger partial charge on any atom is 0.273 e. The summed E-state index contributed by atoms with van der Waals surface area (Å²) in [6.07, 6.45) is 5.06. The van der Waals surface area contributed by atoms with Crippen LogP contribution in [-0.4, -0.2) is 45.0 Å². The molecule has 8 rings (SSSR count). The summed E-state index contributed by atoms with van der Waals surface area (Å²) in [5.74, 6) is -1.96. The first-order valence-corrected chi connectivity index (χ1v) is 14.8. The molecule has 0 N–H and O–H groups in total. The van der Waals surface area contributed by atoms with E-state index in [1.807, 2.05) is 12.2 Å². The summed E-state index contributed by atoms with van der Waals surface area (Å²) in [5.41, 5.74) is 0.208. The molecule has 0 aromatic heterocycles. The van der Waals surface area contributed by atoms with Gasteiger partial charge in [-0.25, -0.2) is 5.01 Å². The van der Waals surface area contributed by atoms with E-state index in [-0.39, 0.29) is 38.7 Å². The van der Waals surface area contributed by atoms with Gasteiger partial charge < -0.3 is 4.74 Å². The number of nitro groups is 1. The molecule has 3 aromatic rings. The van der Waals surface area contributed by atoms with Crippen LogP contribution in [0.3, 0.4) is 0 Å². The summed E-state index contributed by atoms with van der Waals surface area (Å²) in [7, 11) is 0. The molecule has 3 aromatic carbocycles. The predicted octanol–water partition coefficient (Wildman–Crippen LogP) is 5.99. The van der Waals surface area contributed by atoms with E-state index in [0.717, 1.165) is 16.4 Å². The fourth-order valence-electron chi connectivity index (χ4n) is 6.90. The minimum Gasteiger partial charge on any atom is -0.457 e. The molecule has 1 heterocycles. The second-order valence-electron chi connectivity index (χ2n) is 11.4. The normalized spacial score (nSPS) is 25.8. The molecule has 222 valence electrons. The van der Waals surface area contributed by atoms with Gasteiger partial charge in [-0.1, -0.05) is 35.4 Å². The fraction of sp³-hybridized carbons (Fsp3) is 0.250. The van der Waals surface area contributed by atoms with Crippen molar-refractivity contribution in [1.29, 1.82) is 0 Å². The third-order valence-electron chi connectivity index (χ3n) is 9.03. The monoisotopic (exact) mass is 631 g/mol. The summed E-state index contributed by atoms with van der Waals surface area (Å²) in [5, 5.41) is 13.0. The number of hydrogen-bond acceptors (Lipinski definition) is 7. The van der Waals surface area contributed by atoms with Gasteiger partial charge in [-0.05, 0) is 84.7 Å². The van der Waals surface area contributed by atoms with Crippen molar-refractivity contribution in [3.8, 4) is 11.5 Å². The lowest BCUT2D eigenvalue weighted by atomic mass is 9.63. The number of benzene rings is 3. The Bertz CT molecular complexity index is 1740. The summed E-state index contributed by atoms with van der Waals surface area (Å²) in [6.45, 7) is -0.575. The van der Waals surface area contributed by atoms with E-state index < -0.39 is 46.8 Å². The maximum atomic E-state index is 13.9. The predicted molar refractivity (Wildman–Crippen MR) is 158 cm³/mol. The van der Waals surface area contributed by atoms with E-state index >= 15 is 0 Å². The Morgan fingerprint density at radius 3 is 1.93 bits per heavy atom. The molecule has 6 atom stereocenters. The number of nitrogens with zero attached hydrogens (tertiary/aromatic N) is 3. The van der Waals surface area contributed by atoms with Crippen LogP contribution in [0, 0.1) is 45.6 Å². The molecule has 12 heteroatoms. The van der Waals surface area contributed by atoms with Crippen LogP contribution in [0.25, 0.3) is 0 Å². The first kappa shape index (κ1) is 28.2. The standard InChI is InChI=1S/C32H23Cl2N3O7/c33-25-12-3-17(13-26(25)34)30(39)35(36-31(40)28-21-10-11-22(24-14-23(21)24)29(28)32(36)41)15-27(38)16-1-6-19(7-2-16)44-20-8-4-18(5-9-20)37(42)43/h1-13,21-24,28-29H,14-15H2/t21-,22-,23-,24-,28-,29+/m0/s1. The number of carbonyl (C=O) groups excluding carboxylic acids is 4. The van der Waals surface area contributed by atoms with Crippen molar-refractivity contribution in [2.45, 2.75) is 6.42 Å². The van der Waals surface area contributed by atoms with Crippen molar-refractivity contribution >= 4 is 52.4 Å². The SMILES string of the molecule is O=C(CN(C(=O)c1ccc(Cl)c(Cl)c1)N1C(=O)[C@@H]2[C@H]3C=C[C@@H]([C@@H]4C[C@@H]34)[C@@H]2C1=O)c1ccc(Oc2ccc([N+](=O)[O-])cc2)cc1. The first-order chi connectivity index (χ1) is 21.1. The smallest absolute Gasteiger partial charge is 0.273 e. The van der Waals surface area contributed by atoms with Crippen LogP contribution in [0.2, 0.25) is 10.0 Å². The quantitative estimate of drug-likeness (QED) is 0.0982. The highest BCUT2D eigenvalue weighted by Gasteiger charge is 2.68. The molecule has 1 aliphatic heterocycles. The second kappa shape index (κ2) is 10.6. The van der Waals surface area contributed by atoms with Gasteiger partial charge in [-0.2, -0.15) is 5.01 Å². The Kier molecular flexibility index (Phi) is 6.78. The largest absolute Gasteiger partial charge is 0.457 e. The van der Waals surface area contributed by atoms with Crippen molar-refractivity contribution in [2.75, 3.05) is 6.54 Å². The van der Waals surface area contributed by atoms with Gasteiger partial charge >= 0.3 is 0 Å². The first-order valence-electron chi connectivity index (χ1n) is 14.0. The third-order valence-corrected chi connectivity index (χ3v) is 9.77. The van der Waals surface area contributed by atoms with E-state index in [4.69, 9.17) is 27.9 Å². The minimum atomic E-state index is -0.735. The van der Waals surface area contributed by atoms with Crippen molar-refractivity contribution in [3.63, 3.8) is 0 Å². The molecular weight excluding hydrogens is 609 g/mol. The highest BCUT2D eigenvalue weighted by molar-refractivity contribution is 6.42. The highest BCUT2D eigenvalue weighted by atomic mass is 35.5. The molecule has 3 fully saturated rings. The number of imide groups is 1. The number of rotatable bonds is 8. The van der Waals surface area contributed by atoms with Crippen LogP contribution in [0.4, 0.5) is 5.69 Å². The van der Waals surface area contributed by atoms with Crippen LogP contribution in [0.5, 0.6) is 11.5 Å². The Hall–Kier alpha value is -4.54. The van der Waals surface area contributed by atoms with Crippen molar-refractivity contribution in [1.82, 2.24) is 10.0 Å². The summed E-state index contributed by atoms with van der Waals surface area (Å²) in [4.78, 5) is 65.5. The number of amides is 3. The van der Waals surface area contributed by atoms with E-state index in [2.05, 4.69) is 0 Å². The number of hydrogen-bond donors (Lipinski definition) is 0. The van der Waals surface area contributed by atoms with Gasteiger partial charge in [-0.3, -0.25) is 29.3 Å². The van der Waals surface area contributed by atoms with E-state index in [0.29, 0.717) is 23.3 Å². The zero-order valence-corrected chi connectivity index (χ0v) is 24.4. The molecule has 0 unspecified atom stereocenters. The number of hydrazine groups is 1. The maximum absolute atomic E-state index is 13.9. The van der Waals surface area contributed by atoms with Crippen LogP contribution < -0.4 is 4.74 Å². The number of allylic oxidation sites excluding steroid dienone is 2. The average Bonchev–Trinajstić information content (AvgIpc) is 3.80. The number of halogens is 2. The fourth-order valence-corrected chi connectivity index (χ4v) is 7.20. The van der Waals surface area contributed by atoms with Gasteiger partial charge in [0.25, 0.3) is 23.4 Å². The number of nitro benzene ring substituents is 1. The number of Topliss-reactive ketones (excluding diaryl/α,β-unsaturated/α-hetero) is 1. The summed E-state index contributed by atoms with van der Waals surface area (Å²) >= 11 is 12.2.